The lowest BCUT2D eigenvalue weighted by Gasteiger charge is -2.29. The second-order valence-corrected chi connectivity index (χ2v) is 7.35. The van der Waals surface area contributed by atoms with E-state index in [0.717, 1.165) is 13.0 Å². The highest BCUT2D eigenvalue weighted by molar-refractivity contribution is 7.14. The number of nitrogens with one attached hydrogen (secondary N) is 2. The van der Waals surface area contributed by atoms with Gasteiger partial charge in [0, 0.05) is 16.9 Å². The molecule has 1 aliphatic heterocycles. The van der Waals surface area contributed by atoms with Crippen LogP contribution in [0.1, 0.15) is 33.8 Å². The number of primary amides is 1. The molecule has 0 fully saturated rings. The third-order valence-electron chi connectivity index (χ3n) is 4.10. The summed E-state index contributed by atoms with van der Waals surface area (Å²) in [6.07, 6.45) is 1.02. The van der Waals surface area contributed by atoms with Crippen molar-refractivity contribution in [1.82, 2.24) is 0 Å². The van der Waals surface area contributed by atoms with Gasteiger partial charge in [-0.15, -0.1) is 22.7 Å². The number of hydrogen-bond donors (Lipinski definition) is 3. The number of carbonyl (C=O) groups is 2. The molecule has 2 atom stereocenters. The zero-order chi connectivity index (χ0) is 15.7. The highest BCUT2D eigenvalue weighted by atomic mass is 32.1. The Labute approximate surface area is 136 Å². The van der Waals surface area contributed by atoms with Crippen LogP contribution in [0.5, 0.6) is 0 Å². The summed E-state index contributed by atoms with van der Waals surface area (Å²) in [4.78, 5) is 26.2. The Kier molecular flexibility index (Phi) is 4.28. The standard InChI is InChI=1S/C15H17N3O2S2/c1-9-10-3-6-21-12(10)2-5-18(9)8-13(19)17-15-11(14(16)20)4-7-22-15/h3-4,6-7,9H,2,5,8H2,1H3,(H2,16,20)(H,17,19)/p+1/t9-/m0/s1. The van der Waals surface area contributed by atoms with Gasteiger partial charge in [0.25, 0.3) is 11.8 Å². The van der Waals surface area contributed by atoms with Gasteiger partial charge in [-0.05, 0) is 29.8 Å². The van der Waals surface area contributed by atoms with E-state index in [9.17, 15) is 9.59 Å². The van der Waals surface area contributed by atoms with Gasteiger partial charge in [0.1, 0.15) is 11.0 Å². The van der Waals surface area contributed by atoms with Gasteiger partial charge >= 0.3 is 0 Å². The quantitative estimate of drug-likeness (QED) is 0.780. The minimum atomic E-state index is -0.516. The minimum Gasteiger partial charge on any atom is -0.366 e. The van der Waals surface area contributed by atoms with E-state index < -0.39 is 5.91 Å². The molecule has 0 radical (unpaired) electrons. The normalized spacial score (nSPS) is 20.4. The first kappa shape index (κ1) is 15.2. The first-order valence-electron chi connectivity index (χ1n) is 7.14. The summed E-state index contributed by atoms with van der Waals surface area (Å²) in [5.41, 5.74) is 7.02. The van der Waals surface area contributed by atoms with Crippen LogP contribution in [-0.4, -0.2) is 24.9 Å². The van der Waals surface area contributed by atoms with Crippen molar-refractivity contribution in [3.63, 3.8) is 0 Å². The molecule has 0 spiro atoms. The molecule has 1 unspecified atom stereocenters. The summed E-state index contributed by atoms with van der Waals surface area (Å²) >= 11 is 3.11. The van der Waals surface area contributed by atoms with Gasteiger partial charge in [0.2, 0.25) is 0 Å². The molecular formula is C15H18N3O2S2+. The minimum absolute atomic E-state index is 0.0783. The molecule has 22 heavy (non-hydrogen) atoms. The number of rotatable bonds is 4. The van der Waals surface area contributed by atoms with Crippen LogP contribution in [0.25, 0.3) is 0 Å². The van der Waals surface area contributed by atoms with E-state index in [0.29, 0.717) is 23.2 Å². The van der Waals surface area contributed by atoms with Crippen molar-refractivity contribution in [2.24, 2.45) is 5.73 Å². The molecule has 3 rings (SSSR count). The number of anilines is 1. The summed E-state index contributed by atoms with van der Waals surface area (Å²) < 4.78 is 0. The molecule has 2 aromatic rings. The molecule has 4 N–H and O–H groups in total. The summed E-state index contributed by atoms with van der Waals surface area (Å²) in [7, 11) is 0. The van der Waals surface area contributed by atoms with Gasteiger partial charge in [-0.2, -0.15) is 0 Å². The SMILES string of the molecule is C[C@H]1c2ccsc2CC[NH+]1CC(=O)Nc1sccc1C(N)=O. The topological polar surface area (TPSA) is 76.6 Å². The van der Waals surface area contributed by atoms with Crippen LogP contribution < -0.4 is 16.0 Å². The number of quaternary nitrogens is 1. The summed E-state index contributed by atoms with van der Waals surface area (Å²) in [5.74, 6) is -0.594. The van der Waals surface area contributed by atoms with Gasteiger partial charge in [-0.1, -0.05) is 0 Å². The average molecular weight is 336 g/mol. The monoisotopic (exact) mass is 336 g/mol. The van der Waals surface area contributed by atoms with E-state index in [1.54, 1.807) is 22.8 Å². The molecule has 1 aliphatic rings. The van der Waals surface area contributed by atoms with Crippen LogP contribution in [0.3, 0.4) is 0 Å². The number of thiophene rings is 2. The maximum atomic E-state index is 12.3. The van der Waals surface area contributed by atoms with Gasteiger partial charge in [-0.25, -0.2) is 0 Å². The summed E-state index contributed by atoms with van der Waals surface area (Å²) in [6.45, 7) is 3.51. The van der Waals surface area contributed by atoms with Crippen molar-refractivity contribution < 1.29 is 14.5 Å². The number of amides is 2. The fourth-order valence-electron chi connectivity index (χ4n) is 2.87. The molecule has 2 amide bonds. The Balaban J connectivity index is 1.65. The predicted molar refractivity (Wildman–Crippen MR) is 88.6 cm³/mol. The smallest absolute Gasteiger partial charge is 0.280 e. The maximum absolute atomic E-state index is 12.3. The van der Waals surface area contributed by atoms with Crippen LogP contribution in [0.15, 0.2) is 22.9 Å². The van der Waals surface area contributed by atoms with Gasteiger partial charge in [0.15, 0.2) is 6.54 Å². The van der Waals surface area contributed by atoms with Crippen molar-refractivity contribution in [2.75, 3.05) is 18.4 Å². The van der Waals surface area contributed by atoms with E-state index in [1.807, 2.05) is 0 Å². The number of hydrogen-bond acceptors (Lipinski definition) is 4. The third-order valence-corrected chi connectivity index (χ3v) is 5.93. The zero-order valence-electron chi connectivity index (χ0n) is 12.2. The fourth-order valence-corrected chi connectivity index (χ4v) is 4.66. The highest BCUT2D eigenvalue weighted by Gasteiger charge is 2.29. The lowest BCUT2D eigenvalue weighted by molar-refractivity contribution is -0.923. The lowest BCUT2D eigenvalue weighted by atomic mass is 10.0. The first-order chi connectivity index (χ1) is 10.6. The van der Waals surface area contributed by atoms with Gasteiger partial charge in [0.05, 0.1) is 12.1 Å². The molecule has 3 heterocycles. The molecular weight excluding hydrogens is 318 g/mol. The number of fused-ring (bicyclic) bond motifs is 1. The predicted octanol–water partition coefficient (Wildman–Crippen LogP) is 1.05. The van der Waals surface area contributed by atoms with Gasteiger partial charge in [-0.3, -0.25) is 9.59 Å². The van der Waals surface area contributed by atoms with E-state index in [4.69, 9.17) is 5.73 Å². The zero-order valence-corrected chi connectivity index (χ0v) is 13.9. The molecule has 0 saturated heterocycles. The van der Waals surface area contributed by atoms with E-state index >= 15 is 0 Å². The van der Waals surface area contributed by atoms with Crippen molar-refractivity contribution in [3.05, 3.63) is 38.9 Å². The van der Waals surface area contributed by atoms with Crippen LogP contribution in [0.2, 0.25) is 0 Å². The second-order valence-electron chi connectivity index (χ2n) is 5.43. The molecule has 7 heteroatoms. The average Bonchev–Trinajstić information content (AvgIpc) is 3.10. The van der Waals surface area contributed by atoms with E-state index in [1.165, 1.54) is 26.7 Å². The van der Waals surface area contributed by atoms with Crippen LogP contribution >= 0.6 is 22.7 Å². The molecule has 5 nitrogen and oxygen atoms in total. The van der Waals surface area contributed by atoms with Gasteiger partial charge < -0.3 is 16.0 Å². The molecule has 0 aliphatic carbocycles. The highest BCUT2D eigenvalue weighted by Crippen LogP contribution is 2.25. The Morgan fingerprint density at radius 2 is 2.14 bits per heavy atom. The van der Waals surface area contributed by atoms with Crippen molar-refractivity contribution >= 4 is 39.5 Å². The molecule has 0 bridgehead atoms. The van der Waals surface area contributed by atoms with Crippen molar-refractivity contribution in [3.8, 4) is 0 Å². The Morgan fingerprint density at radius 3 is 2.91 bits per heavy atom. The molecule has 2 aromatic heterocycles. The lowest BCUT2D eigenvalue weighted by Crippen LogP contribution is -3.14. The van der Waals surface area contributed by atoms with Crippen molar-refractivity contribution in [2.45, 2.75) is 19.4 Å². The molecule has 0 saturated carbocycles. The number of carbonyl (C=O) groups excluding carboxylic acids is 2. The Morgan fingerprint density at radius 1 is 1.36 bits per heavy atom. The molecule has 116 valence electrons. The second kappa shape index (κ2) is 6.20. The maximum Gasteiger partial charge on any atom is 0.280 e. The summed E-state index contributed by atoms with van der Waals surface area (Å²) in [6, 6.07) is 4.11. The first-order valence-corrected chi connectivity index (χ1v) is 8.90. The fraction of sp³-hybridized carbons (Fsp3) is 0.333. The van der Waals surface area contributed by atoms with Crippen molar-refractivity contribution in [1.29, 1.82) is 0 Å². The van der Waals surface area contributed by atoms with E-state index in [-0.39, 0.29) is 5.91 Å². The summed E-state index contributed by atoms with van der Waals surface area (Å²) in [5, 5.41) is 7.23. The third kappa shape index (κ3) is 2.92. The Hall–Kier alpha value is -1.70. The van der Waals surface area contributed by atoms with Crippen LogP contribution in [-0.2, 0) is 11.2 Å². The van der Waals surface area contributed by atoms with Crippen LogP contribution in [0.4, 0.5) is 5.00 Å². The largest absolute Gasteiger partial charge is 0.366 e. The van der Waals surface area contributed by atoms with E-state index in [2.05, 4.69) is 23.7 Å². The Bertz CT molecular complexity index is 707. The van der Waals surface area contributed by atoms with Crippen LogP contribution in [0, 0.1) is 0 Å². The molecule has 0 aromatic carbocycles. The number of nitrogens with two attached hydrogens (primary N) is 1.